The zero-order valence-corrected chi connectivity index (χ0v) is 9.90. The van der Waals surface area contributed by atoms with Gasteiger partial charge < -0.3 is 9.84 Å². The standard InChI is InChI=1S/C12H15NO4/c1-3-17-11(14)5-4-9-7-13-10(12(15)16)6-8(9)2/h6-7H,3-5H2,1-2H3,(H,15,16). The molecular weight excluding hydrogens is 222 g/mol. The van der Waals surface area contributed by atoms with E-state index in [4.69, 9.17) is 9.84 Å². The van der Waals surface area contributed by atoms with Crippen molar-refractivity contribution >= 4 is 11.9 Å². The normalized spacial score (nSPS) is 10.0. The van der Waals surface area contributed by atoms with Crippen molar-refractivity contribution in [1.82, 2.24) is 4.98 Å². The summed E-state index contributed by atoms with van der Waals surface area (Å²) in [6, 6.07) is 1.50. The molecule has 1 rings (SSSR count). The molecule has 0 amide bonds. The third-order valence-corrected chi connectivity index (χ3v) is 2.34. The summed E-state index contributed by atoms with van der Waals surface area (Å²) >= 11 is 0. The van der Waals surface area contributed by atoms with Gasteiger partial charge in [-0.05, 0) is 37.5 Å². The molecule has 1 aromatic rings. The topological polar surface area (TPSA) is 76.5 Å². The van der Waals surface area contributed by atoms with Crippen LogP contribution in [0.1, 0.15) is 35.0 Å². The molecule has 0 radical (unpaired) electrons. The first-order valence-corrected chi connectivity index (χ1v) is 5.39. The lowest BCUT2D eigenvalue weighted by Gasteiger charge is -2.06. The molecule has 0 aliphatic rings. The molecule has 0 aromatic carbocycles. The fourth-order valence-corrected chi connectivity index (χ4v) is 1.43. The highest BCUT2D eigenvalue weighted by Crippen LogP contribution is 2.11. The quantitative estimate of drug-likeness (QED) is 0.787. The van der Waals surface area contributed by atoms with Gasteiger partial charge in [0.05, 0.1) is 6.61 Å². The van der Waals surface area contributed by atoms with Crippen molar-refractivity contribution in [1.29, 1.82) is 0 Å². The molecule has 0 fully saturated rings. The highest BCUT2D eigenvalue weighted by Gasteiger charge is 2.09. The summed E-state index contributed by atoms with van der Waals surface area (Å²) in [5.74, 6) is -1.31. The molecule has 1 N–H and O–H groups in total. The SMILES string of the molecule is CCOC(=O)CCc1cnc(C(=O)O)cc1C. The summed E-state index contributed by atoms with van der Waals surface area (Å²) in [5.41, 5.74) is 1.70. The Balaban J connectivity index is 2.66. The molecule has 0 saturated heterocycles. The van der Waals surface area contributed by atoms with Crippen LogP contribution in [0.25, 0.3) is 0 Å². The fourth-order valence-electron chi connectivity index (χ4n) is 1.43. The van der Waals surface area contributed by atoms with Crippen molar-refractivity contribution < 1.29 is 19.4 Å². The summed E-state index contributed by atoms with van der Waals surface area (Å²) < 4.78 is 4.81. The van der Waals surface area contributed by atoms with Crippen LogP contribution in [-0.4, -0.2) is 28.6 Å². The molecule has 0 aliphatic heterocycles. The van der Waals surface area contributed by atoms with Crippen molar-refractivity contribution in [3.8, 4) is 0 Å². The van der Waals surface area contributed by atoms with E-state index >= 15 is 0 Å². The highest BCUT2D eigenvalue weighted by molar-refractivity contribution is 5.85. The van der Waals surface area contributed by atoms with Crippen LogP contribution in [0.3, 0.4) is 0 Å². The number of carbonyl (C=O) groups excluding carboxylic acids is 1. The number of hydrogen-bond acceptors (Lipinski definition) is 4. The van der Waals surface area contributed by atoms with Crippen LogP contribution >= 0.6 is 0 Å². The Morgan fingerprint density at radius 2 is 2.18 bits per heavy atom. The van der Waals surface area contributed by atoms with Crippen LogP contribution in [0.2, 0.25) is 0 Å². The van der Waals surface area contributed by atoms with Gasteiger partial charge in [0, 0.05) is 12.6 Å². The lowest BCUT2D eigenvalue weighted by molar-refractivity contribution is -0.143. The number of esters is 1. The fraction of sp³-hybridized carbons (Fsp3) is 0.417. The molecular formula is C12H15NO4. The maximum atomic E-state index is 11.2. The van der Waals surface area contributed by atoms with Gasteiger partial charge in [0.2, 0.25) is 0 Å². The largest absolute Gasteiger partial charge is 0.477 e. The number of aryl methyl sites for hydroxylation is 2. The van der Waals surface area contributed by atoms with Crippen molar-refractivity contribution in [2.75, 3.05) is 6.61 Å². The Hall–Kier alpha value is -1.91. The highest BCUT2D eigenvalue weighted by atomic mass is 16.5. The number of carboxylic acids is 1. The van der Waals surface area contributed by atoms with Crippen molar-refractivity contribution in [3.63, 3.8) is 0 Å². The summed E-state index contributed by atoms with van der Waals surface area (Å²) in [6.07, 6.45) is 2.29. The molecule has 5 nitrogen and oxygen atoms in total. The van der Waals surface area contributed by atoms with Gasteiger partial charge in [-0.3, -0.25) is 4.79 Å². The molecule has 0 saturated carbocycles. The van der Waals surface area contributed by atoms with E-state index in [1.54, 1.807) is 13.8 Å². The minimum Gasteiger partial charge on any atom is -0.477 e. The first-order valence-electron chi connectivity index (χ1n) is 5.39. The second-order valence-electron chi connectivity index (χ2n) is 3.61. The van der Waals surface area contributed by atoms with Gasteiger partial charge in [0.25, 0.3) is 0 Å². The average Bonchev–Trinajstić information content (AvgIpc) is 2.27. The monoisotopic (exact) mass is 237 g/mol. The van der Waals surface area contributed by atoms with Crippen LogP contribution in [0, 0.1) is 6.92 Å². The van der Waals surface area contributed by atoms with E-state index in [-0.39, 0.29) is 18.1 Å². The number of rotatable bonds is 5. The zero-order valence-electron chi connectivity index (χ0n) is 9.90. The van der Waals surface area contributed by atoms with Crippen molar-refractivity contribution in [3.05, 3.63) is 29.1 Å². The van der Waals surface area contributed by atoms with Gasteiger partial charge in [-0.1, -0.05) is 0 Å². The number of aromatic nitrogens is 1. The van der Waals surface area contributed by atoms with E-state index in [1.165, 1.54) is 12.3 Å². The third kappa shape index (κ3) is 3.86. The Morgan fingerprint density at radius 1 is 1.47 bits per heavy atom. The molecule has 92 valence electrons. The van der Waals surface area contributed by atoms with E-state index in [0.29, 0.717) is 13.0 Å². The summed E-state index contributed by atoms with van der Waals surface area (Å²) in [6.45, 7) is 3.93. The number of pyridine rings is 1. The molecule has 5 heteroatoms. The maximum absolute atomic E-state index is 11.2. The number of hydrogen-bond donors (Lipinski definition) is 1. The second-order valence-corrected chi connectivity index (χ2v) is 3.61. The Morgan fingerprint density at radius 3 is 2.71 bits per heavy atom. The molecule has 0 bridgehead atoms. The first kappa shape index (κ1) is 13.2. The number of carbonyl (C=O) groups is 2. The maximum Gasteiger partial charge on any atom is 0.354 e. The number of ether oxygens (including phenoxy) is 1. The van der Waals surface area contributed by atoms with Gasteiger partial charge in [-0.15, -0.1) is 0 Å². The molecule has 17 heavy (non-hydrogen) atoms. The molecule has 1 aromatic heterocycles. The molecule has 0 spiro atoms. The minimum absolute atomic E-state index is 0.0161. The zero-order chi connectivity index (χ0) is 12.8. The number of nitrogens with zero attached hydrogens (tertiary/aromatic N) is 1. The third-order valence-electron chi connectivity index (χ3n) is 2.34. The Bertz CT molecular complexity index is 429. The molecule has 0 atom stereocenters. The summed E-state index contributed by atoms with van der Waals surface area (Å²) in [5, 5.41) is 8.75. The van der Waals surface area contributed by atoms with Crippen molar-refractivity contribution in [2.45, 2.75) is 26.7 Å². The van der Waals surface area contributed by atoms with Gasteiger partial charge in [0.1, 0.15) is 5.69 Å². The predicted molar refractivity (Wildman–Crippen MR) is 60.9 cm³/mol. The molecule has 1 heterocycles. The Labute approximate surface area is 99.4 Å². The van der Waals surface area contributed by atoms with E-state index in [1.807, 2.05) is 0 Å². The minimum atomic E-state index is -1.05. The summed E-state index contributed by atoms with van der Waals surface area (Å²) in [4.78, 5) is 25.7. The van der Waals surface area contributed by atoms with Gasteiger partial charge in [-0.2, -0.15) is 0 Å². The lowest BCUT2D eigenvalue weighted by atomic mass is 10.1. The molecule has 0 aliphatic carbocycles. The van der Waals surface area contributed by atoms with Crippen LogP contribution in [0.15, 0.2) is 12.3 Å². The average molecular weight is 237 g/mol. The van der Waals surface area contributed by atoms with E-state index in [9.17, 15) is 9.59 Å². The predicted octanol–water partition coefficient (Wildman–Crippen LogP) is 1.58. The van der Waals surface area contributed by atoms with Crippen LogP contribution in [0.5, 0.6) is 0 Å². The van der Waals surface area contributed by atoms with Gasteiger partial charge in [0.15, 0.2) is 0 Å². The van der Waals surface area contributed by atoms with Crippen LogP contribution in [0.4, 0.5) is 0 Å². The number of carboxylic acid groups (broad SMARTS) is 1. The van der Waals surface area contributed by atoms with Crippen LogP contribution < -0.4 is 0 Å². The molecule has 0 unspecified atom stereocenters. The van der Waals surface area contributed by atoms with E-state index in [2.05, 4.69) is 4.98 Å². The van der Waals surface area contributed by atoms with E-state index in [0.717, 1.165) is 11.1 Å². The second kappa shape index (κ2) is 5.98. The smallest absolute Gasteiger partial charge is 0.354 e. The van der Waals surface area contributed by atoms with Crippen molar-refractivity contribution in [2.24, 2.45) is 0 Å². The van der Waals surface area contributed by atoms with Gasteiger partial charge in [-0.25, -0.2) is 9.78 Å². The van der Waals surface area contributed by atoms with E-state index < -0.39 is 5.97 Å². The Kier molecular flexibility index (Phi) is 4.63. The lowest BCUT2D eigenvalue weighted by Crippen LogP contribution is -2.07. The van der Waals surface area contributed by atoms with Gasteiger partial charge >= 0.3 is 11.9 Å². The number of aromatic carboxylic acids is 1. The summed E-state index contributed by atoms with van der Waals surface area (Å²) in [7, 11) is 0. The first-order chi connectivity index (χ1) is 8.04. The van der Waals surface area contributed by atoms with Crippen LogP contribution in [-0.2, 0) is 16.0 Å².